The molecule has 2 rings (SSSR count). The summed E-state index contributed by atoms with van der Waals surface area (Å²) in [5, 5.41) is 18.1. The fourth-order valence-electron chi connectivity index (χ4n) is 2.55. The lowest BCUT2D eigenvalue weighted by molar-refractivity contribution is 0.351. The molecule has 1 aliphatic heterocycles. The van der Waals surface area contributed by atoms with E-state index in [1.54, 1.807) is 0 Å². The number of nitrogens with zero attached hydrogens (tertiary/aromatic N) is 5. The second kappa shape index (κ2) is 8.00. The zero-order chi connectivity index (χ0) is 16.7. The standard InChI is InChI=1S/C16H19N5O2/c1-22-15-13(9-12(10-17)11-18)14(19-16(20-15)23-2)21-7-5-3-4-6-8-21/h9H,3-8H2,1-2H3. The molecule has 2 heterocycles. The van der Waals surface area contributed by atoms with Crippen LogP contribution in [0, 0.1) is 22.7 Å². The van der Waals surface area contributed by atoms with E-state index in [2.05, 4.69) is 14.9 Å². The Morgan fingerprint density at radius 3 is 2.22 bits per heavy atom. The minimum atomic E-state index is -0.0202. The van der Waals surface area contributed by atoms with Crippen LogP contribution in [0.2, 0.25) is 0 Å². The Balaban J connectivity index is 2.59. The van der Waals surface area contributed by atoms with Gasteiger partial charge in [-0.15, -0.1) is 0 Å². The van der Waals surface area contributed by atoms with E-state index < -0.39 is 0 Å². The summed E-state index contributed by atoms with van der Waals surface area (Å²) in [6.07, 6.45) is 5.98. The predicted octanol–water partition coefficient (Wildman–Crippen LogP) is 2.30. The van der Waals surface area contributed by atoms with Crippen molar-refractivity contribution in [3.8, 4) is 24.0 Å². The predicted molar refractivity (Wildman–Crippen MR) is 85.0 cm³/mol. The van der Waals surface area contributed by atoms with E-state index in [0.29, 0.717) is 17.3 Å². The molecule has 23 heavy (non-hydrogen) atoms. The summed E-state index contributed by atoms with van der Waals surface area (Å²) in [7, 11) is 2.98. The highest BCUT2D eigenvalue weighted by Crippen LogP contribution is 2.32. The second-order valence-electron chi connectivity index (χ2n) is 5.14. The van der Waals surface area contributed by atoms with Crippen molar-refractivity contribution < 1.29 is 9.47 Å². The van der Waals surface area contributed by atoms with Crippen LogP contribution in [0.5, 0.6) is 11.9 Å². The van der Waals surface area contributed by atoms with Gasteiger partial charge in [0.2, 0.25) is 5.88 Å². The third kappa shape index (κ3) is 3.89. The van der Waals surface area contributed by atoms with Crippen LogP contribution in [0.15, 0.2) is 5.57 Å². The third-order valence-corrected chi connectivity index (χ3v) is 3.68. The van der Waals surface area contributed by atoms with Gasteiger partial charge in [0.15, 0.2) is 0 Å². The van der Waals surface area contributed by atoms with Gasteiger partial charge in [-0.1, -0.05) is 12.8 Å². The van der Waals surface area contributed by atoms with E-state index in [1.165, 1.54) is 33.1 Å². The van der Waals surface area contributed by atoms with Crippen molar-refractivity contribution in [3.63, 3.8) is 0 Å². The third-order valence-electron chi connectivity index (χ3n) is 3.68. The number of anilines is 1. The topological polar surface area (TPSA) is 95.1 Å². The first-order chi connectivity index (χ1) is 11.2. The number of hydrogen-bond acceptors (Lipinski definition) is 7. The van der Waals surface area contributed by atoms with E-state index >= 15 is 0 Å². The van der Waals surface area contributed by atoms with Crippen molar-refractivity contribution in [3.05, 3.63) is 11.1 Å². The smallest absolute Gasteiger partial charge is 0.321 e. The van der Waals surface area contributed by atoms with E-state index in [9.17, 15) is 0 Å². The normalized spacial score (nSPS) is 14.2. The first-order valence-electron chi connectivity index (χ1n) is 7.50. The van der Waals surface area contributed by atoms with Crippen LogP contribution in [0.25, 0.3) is 6.08 Å². The van der Waals surface area contributed by atoms with Crippen molar-refractivity contribution >= 4 is 11.9 Å². The molecule has 0 amide bonds. The molecule has 0 aromatic carbocycles. The second-order valence-corrected chi connectivity index (χ2v) is 5.14. The van der Waals surface area contributed by atoms with Gasteiger partial charge in [-0.25, -0.2) is 0 Å². The molecule has 7 heteroatoms. The van der Waals surface area contributed by atoms with Gasteiger partial charge in [0.1, 0.15) is 23.5 Å². The minimum Gasteiger partial charge on any atom is -0.480 e. The van der Waals surface area contributed by atoms with E-state index in [1.807, 2.05) is 12.1 Å². The number of hydrogen-bond donors (Lipinski definition) is 0. The van der Waals surface area contributed by atoms with Gasteiger partial charge in [0, 0.05) is 13.1 Å². The summed E-state index contributed by atoms with van der Waals surface area (Å²) in [6, 6.07) is 3.93. The van der Waals surface area contributed by atoms with Crippen LogP contribution >= 0.6 is 0 Å². The maximum Gasteiger partial charge on any atom is 0.321 e. The molecule has 1 fully saturated rings. The Bertz CT molecular complexity index is 648. The lowest BCUT2D eigenvalue weighted by atomic mass is 10.1. The molecule has 120 valence electrons. The average Bonchev–Trinajstić information content (AvgIpc) is 2.88. The zero-order valence-corrected chi connectivity index (χ0v) is 13.4. The monoisotopic (exact) mass is 313 g/mol. The first kappa shape index (κ1) is 16.6. The summed E-state index contributed by atoms with van der Waals surface area (Å²) in [5.74, 6) is 0.928. The molecule has 0 bridgehead atoms. The molecule has 0 unspecified atom stereocenters. The van der Waals surface area contributed by atoms with Gasteiger partial charge in [-0.05, 0) is 18.9 Å². The van der Waals surface area contributed by atoms with E-state index in [0.717, 1.165) is 25.9 Å². The zero-order valence-electron chi connectivity index (χ0n) is 13.4. The molecule has 0 atom stereocenters. The summed E-state index contributed by atoms with van der Waals surface area (Å²) < 4.78 is 10.5. The summed E-state index contributed by atoms with van der Waals surface area (Å²) in [6.45, 7) is 1.72. The maximum atomic E-state index is 9.04. The van der Waals surface area contributed by atoms with Crippen LogP contribution in [-0.2, 0) is 0 Å². The van der Waals surface area contributed by atoms with Crippen LogP contribution in [0.4, 0.5) is 5.82 Å². The molecule has 1 aliphatic rings. The van der Waals surface area contributed by atoms with Crippen molar-refractivity contribution in [1.82, 2.24) is 9.97 Å². The number of rotatable bonds is 4. The van der Waals surface area contributed by atoms with Gasteiger partial charge in [-0.2, -0.15) is 20.5 Å². The molecule has 0 spiro atoms. The highest BCUT2D eigenvalue weighted by Gasteiger charge is 2.21. The lowest BCUT2D eigenvalue weighted by Gasteiger charge is -2.24. The fraction of sp³-hybridized carbons (Fsp3) is 0.500. The van der Waals surface area contributed by atoms with Crippen LogP contribution in [-0.4, -0.2) is 37.3 Å². The molecule has 0 radical (unpaired) electrons. The molecule has 1 aromatic rings. The molecule has 0 N–H and O–H groups in total. The molecule has 0 aliphatic carbocycles. The fourth-order valence-corrected chi connectivity index (χ4v) is 2.55. The lowest BCUT2D eigenvalue weighted by Crippen LogP contribution is -2.26. The van der Waals surface area contributed by atoms with E-state index in [4.69, 9.17) is 20.0 Å². The molecule has 1 aromatic heterocycles. The van der Waals surface area contributed by atoms with Crippen molar-refractivity contribution in [2.75, 3.05) is 32.2 Å². The Labute approximate surface area is 135 Å². The number of ether oxygens (including phenoxy) is 2. The Kier molecular flexibility index (Phi) is 5.76. The summed E-state index contributed by atoms with van der Waals surface area (Å²) in [5.41, 5.74) is 0.515. The van der Waals surface area contributed by atoms with Gasteiger partial charge in [0.25, 0.3) is 0 Å². The van der Waals surface area contributed by atoms with Crippen molar-refractivity contribution in [2.45, 2.75) is 25.7 Å². The summed E-state index contributed by atoms with van der Waals surface area (Å²) >= 11 is 0. The van der Waals surface area contributed by atoms with Crippen LogP contribution in [0.1, 0.15) is 31.2 Å². The molecule has 0 saturated carbocycles. The largest absolute Gasteiger partial charge is 0.480 e. The number of allylic oxidation sites excluding steroid dienone is 1. The van der Waals surface area contributed by atoms with E-state index in [-0.39, 0.29) is 11.6 Å². The summed E-state index contributed by atoms with van der Waals surface area (Å²) in [4.78, 5) is 10.7. The minimum absolute atomic E-state index is 0.0202. The van der Waals surface area contributed by atoms with Gasteiger partial charge >= 0.3 is 6.01 Å². The Hall–Kier alpha value is -2.80. The molecular formula is C16H19N5O2. The van der Waals surface area contributed by atoms with Crippen molar-refractivity contribution in [1.29, 1.82) is 10.5 Å². The average molecular weight is 313 g/mol. The van der Waals surface area contributed by atoms with Gasteiger partial charge in [-0.3, -0.25) is 0 Å². The first-order valence-corrected chi connectivity index (χ1v) is 7.50. The SMILES string of the molecule is COc1nc(OC)c(C=C(C#N)C#N)c(N2CCCCCC2)n1. The quantitative estimate of drug-likeness (QED) is 0.787. The highest BCUT2D eigenvalue weighted by molar-refractivity contribution is 5.74. The number of nitriles is 2. The Morgan fingerprint density at radius 1 is 1.04 bits per heavy atom. The Morgan fingerprint density at radius 2 is 1.70 bits per heavy atom. The highest BCUT2D eigenvalue weighted by atomic mass is 16.5. The molecular weight excluding hydrogens is 294 g/mol. The van der Waals surface area contributed by atoms with Crippen LogP contribution < -0.4 is 14.4 Å². The number of methoxy groups -OCH3 is 2. The number of aromatic nitrogens is 2. The van der Waals surface area contributed by atoms with Gasteiger partial charge < -0.3 is 14.4 Å². The maximum absolute atomic E-state index is 9.04. The molecule has 1 saturated heterocycles. The van der Waals surface area contributed by atoms with Crippen LogP contribution in [0.3, 0.4) is 0 Å². The van der Waals surface area contributed by atoms with Crippen molar-refractivity contribution in [2.24, 2.45) is 0 Å². The molecule has 7 nitrogen and oxygen atoms in total. The van der Waals surface area contributed by atoms with Gasteiger partial charge in [0.05, 0.1) is 19.8 Å².